The molecular weight excluding hydrogens is 383 g/mol. The van der Waals surface area contributed by atoms with E-state index < -0.39 is 0 Å². The second kappa shape index (κ2) is 6.53. The molecule has 4 heteroatoms. The largest absolute Gasteiger partial charge is 0.466 e. The molecule has 0 N–H and O–H groups in total. The zero-order valence-corrected chi connectivity index (χ0v) is 17.6. The third kappa shape index (κ3) is 3.90. The molecule has 2 bridgehead atoms. The number of rotatable bonds is 4. The van der Waals surface area contributed by atoms with Gasteiger partial charge in [-0.15, -0.1) is 0 Å². The smallest absolute Gasteiger partial charge is 0.188 e. The lowest BCUT2D eigenvalue weighted by Gasteiger charge is -2.56. The van der Waals surface area contributed by atoms with E-state index in [2.05, 4.69) is 43.6 Å². The van der Waals surface area contributed by atoms with Gasteiger partial charge in [0.25, 0.3) is 0 Å². The van der Waals surface area contributed by atoms with Crippen LogP contribution in [0.4, 0.5) is 4.39 Å². The molecule has 1 aromatic carbocycles. The first-order chi connectivity index (χ1) is 11.6. The van der Waals surface area contributed by atoms with Gasteiger partial charge in [-0.3, -0.25) is 0 Å². The molecule has 2 aliphatic rings. The normalized spacial score (nSPS) is 34.0. The van der Waals surface area contributed by atoms with E-state index in [-0.39, 0.29) is 18.0 Å². The Morgan fingerprint density at radius 1 is 1.12 bits per heavy atom. The summed E-state index contributed by atoms with van der Waals surface area (Å²) >= 11 is 3.49. The lowest BCUT2D eigenvalue weighted by Crippen LogP contribution is -2.47. The number of ether oxygens (including phenoxy) is 2. The Hall–Kier alpha value is -0.610. The highest BCUT2D eigenvalue weighted by atomic mass is 79.9. The number of hydrogen-bond acceptors (Lipinski definition) is 2. The SMILES string of the molecule is COCOc1c(Br)cc(F)cc1C1(C)CC2CC(C)(C)CC(C)(C2)C1. The van der Waals surface area contributed by atoms with Gasteiger partial charge in [0.2, 0.25) is 0 Å². The van der Waals surface area contributed by atoms with Crippen LogP contribution >= 0.6 is 15.9 Å². The summed E-state index contributed by atoms with van der Waals surface area (Å²) in [6.07, 6.45) is 5.93. The summed E-state index contributed by atoms with van der Waals surface area (Å²) in [5.74, 6) is 1.20. The Morgan fingerprint density at radius 2 is 1.84 bits per heavy atom. The minimum atomic E-state index is -0.214. The molecule has 2 fully saturated rings. The summed E-state index contributed by atoms with van der Waals surface area (Å²) in [4.78, 5) is 0. The number of benzene rings is 1. The van der Waals surface area contributed by atoms with Crippen LogP contribution in [0.5, 0.6) is 5.75 Å². The van der Waals surface area contributed by atoms with Gasteiger partial charge in [-0.1, -0.05) is 27.7 Å². The fraction of sp³-hybridized carbons (Fsp3) is 0.714. The third-order valence-corrected chi connectivity index (χ3v) is 6.65. The summed E-state index contributed by atoms with van der Waals surface area (Å²) in [6.45, 7) is 9.66. The van der Waals surface area contributed by atoms with Crippen LogP contribution in [-0.4, -0.2) is 13.9 Å². The van der Waals surface area contributed by atoms with Crippen molar-refractivity contribution in [3.8, 4) is 5.75 Å². The molecule has 3 rings (SSSR count). The lowest BCUT2D eigenvalue weighted by atomic mass is 9.49. The second-order valence-corrected chi connectivity index (χ2v) is 10.5. The Kier molecular flexibility index (Phi) is 5.00. The van der Waals surface area contributed by atoms with E-state index in [1.807, 2.05) is 0 Å². The molecule has 140 valence electrons. The van der Waals surface area contributed by atoms with E-state index in [0.29, 0.717) is 21.2 Å². The number of hydrogen-bond donors (Lipinski definition) is 0. The Balaban J connectivity index is 2.01. The predicted octanol–water partition coefficient (Wildman–Crippen LogP) is 6.46. The van der Waals surface area contributed by atoms with E-state index in [1.54, 1.807) is 13.2 Å². The topological polar surface area (TPSA) is 18.5 Å². The maximum absolute atomic E-state index is 14.2. The van der Waals surface area contributed by atoms with Gasteiger partial charge in [-0.2, -0.15) is 0 Å². The molecule has 1 aromatic rings. The van der Waals surface area contributed by atoms with E-state index in [0.717, 1.165) is 24.2 Å². The van der Waals surface area contributed by atoms with Crippen molar-refractivity contribution >= 4 is 15.9 Å². The Morgan fingerprint density at radius 3 is 2.48 bits per heavy atom. The van der Waals surface area contributed by atoms with Gasteiger partial charge in [0.15, 0.2) is 6.79 Å². The lowest BCUT2D eigenvalue weighted by molar-refractivity contribution is -0.0225. The van der Waals surface area contributed by atoms with Gasteiger partial charge >= 0.3 is 0 Å². The molecule has 2 nitrogen and oxygen atoms in total. The van der Waals surface area contributed by atoms with Crippen molar-refractivity contribution in [1.29, 1.82) is 0 Å². The average molecular weight is 413 g/mol. The number of halogens is 2. The van der Waals surface area contributed by atoms with Gasteiger partial charge in [0.05, 0.1) is 4.47 Å². The molecular formula is C21H30BrFO2. The Bertz CT molecular complexity index is 658. The monoisotopic (exact) mass is 412 g/mol. The van der Waals surface area contributed by atoms with Crippen LogP contribution in [0.1, 0.15) is 65.4 Å². The summed E-state index contributed by atoms with van der Waals surface area (Å²) in [6, 6.07) is 3.15. The molecule has 2 aliphatic carbocycles. The molecule has 25 heavy (non-hydrogen) atoms. The van der Waals surface area contributed by atoms with Crippen LogP contribution in [0.15, 0.2) is 16.6 Å². The van der Waals surface area contributed by atoms with Crippen molar-refractivity contribution < 1.29 is 13.9 Å². The quantitative estimate of drug-likeness (QED) is 0.528. The van der Waals surface area contributed by atoms with Crippen molar-refractivity contribution in [1.82, 2.24) is 0 Å². The molecule has 0 heterocycles. The molecule has 3 atom stereocenters. The van der Waals surface area contributed by atoms with E-state index in [9.17, 15) is 4.39 Å². The molecule has 0 radical (unpaired) electrons. The standard InChI is InChI=1S/C21H30BrFO2/c1-19(2)8-14-9-20(3,11-19)12-21(4,10-14)16-6-15(23)7-17(22)18(16)25-13-24-5/h6-7,14H,8-13H2,1-5H3. The van der Waals surface area contributed by atoms with Gasteiger partial charge in [0, 0.05) is 12.7 Å². The van der Waals surface area contributed by atoms with Crippen molar-refractivity contribution in [2.45, 2.75) is 65.2 Å². The first-order valence-corrected chi connectivity index (χ1v) is 9.97. The van der Waals surface area contributed by atoms with Crippen LogP contribution in [0, 0.1) is 22.6 Å². The van der Waals surface area contributed by atoms with Gasteiger partial charge in [-0.25, -0.2) is 4.39 Å². The van der Waals surface area contributed by atoms with Crippen LogP contribution in [0.3, 0.4) is 0 Å². The second-order valence-electron chi connectivity index (χ2n) is 9.68. The molecule has 0 amide bonds. The van der Waals surface area contributed by atoms with E-state index in [1.165, 1.54) is 25.3 Å². The van der Waals surface area contributed by atoms with E-state index in [4.69, 9.17) is 9.47 Å². The minimum Gasteiger partial charge on any atom is -0.466 e. The maximum atomic E-state index is 14.2. The fourth-order valence-corrected chi connectivity index (χ4v) is 6.81. The molecule has 2 saturated carbocycles. The number of methoxy groups -OCH3 is 1. The van der Waals surface area contributed by atoms with Gasteiger partial charge < -0.3 is 9.47 Å². The van der Waals surface area contributed by atoms with Crippen molar-refractivity contribution in [2.24, 2.45) is 16.7 Å². The van der Waals surface area contributed by atoms with Crippen molar-refractivity contribution in [3.63, 3.8) is 0 Å². The average Bonchev–Trinajstić information content (AvgIpc) is 2.41. The summed E-state index contributed by atoms with van der Waals surface area (Å²) in [7, 11) is 1.60. The van der Waals surface area contributed by atoms with Crippen molar-refractivity contribution in [2.75, 3.05) is 13.9 Å². The Labute approximate surface area is 159 Å². The van der Waals surface area contributed by atoms with E-state index >= 15 is 0 Å². The maximum Gasteiger partial charge on any atom is 0.188 e. The molecule has 0 aromatic heterocycles. The third-order valence-electron chi connectivity index (χ3n) is 6.06. The van der Waals surface area contributed by atoms with Crippen LogP contribution in [0.2, 0.25) is 0 Å². The van der Waals surface area contributed by atoms with Crippen LogP contribution in [0.25, 0.3) is 0 Å². The van der Waals surface area contributed by atoms with Gasteiger partial charge in [-0.05, 0) is 82.3 Å². The van der Waals surface area contributed by atoms with Crippen molar-refractivity contribution in [3.05, 3.63) is 28.0 Å². The van der Waals surface area contributed by atoms with Gasteiger partial charge in [0.1, 0.15) is 11.6 Å². The fourth-order valence-electron chi connectivity index (χ4n) is 6.26. The summed E-state index contributed by atoms with van der Waals surface area (Å²) < 4.78 is 25.9. The molecule has 3 unspecified atom stereocenters. The molecule has 0 aliphatic heterocycles. The van der Waals surface area contributed by atoms with Crippen LogP contribution in [-0.2, 0) is 10.2 Å². The number of fused-ring (bicyclic) bond motifs is 2. The zero-order chi connectivity index (χ0) is 18.5. The summed E-state index contributed by atoms with van der Waals surface area (Å²) in [5, 5.41) is 0. The zero-order valence-electron chi connectivity index (χ0n) is 16.0. The first-order valence-electron chi connectivity index (χ1n) is 9.17. The molecule has 0 saturated heterocycles. The highest BCUT2D eigenvalue weighted by Gasteiger charge is 2.51. The highest BCUT2D eigenvalue weighted by Crippen LogP contribution is 2.61. The minimum absolute atomic E-state index is 0.0815. The van der Waals surface area contributed by atoms with Crippen LogP contribution < -0.4 is 4.74 Å². The summed E-state index contributed by atoms with van der Waals surface area (Å²) in [5.41, 5.74) is 1.60. The predicted molar refractivity (Wildman–Crippen MR) is 102 cm³/mol. The molecule has 0 spiro atoms. The highest BCUT2D eigenvalue weighted by molar-refractivity contribution is 9.10. The first kappa shape index (κ1) is 19.2.